The standard InChI is InChI=1S/C18H18O5/c1-20-12-6-4-11(5-7-12)18-15(19)10-14-16(22-3)8-13(21-2)9-17(14)23-18/h4-9,18H,10H2,1-3H3. The van der Waals surface area contributed by atoms with Crippen LogP contribution in [0.25, 0.3) is 0 Å². The van der Waals surface area contributed by atoms with E-state index >= 15 is 0 Å². The van der Waals surface area contributed by atoms with Gasteiger partial charge in [0.25, 0.3) is 0 Å². The summed E-state index contributed by atoms with van der Waals surface area (Å²) in [5, 5.41) is 0. The third-order valence-electron chi connectivity index (χ3n) is 3.90. The van der Waals surface area contributed by atoms with Crippen LogP contribution in [-0.2, 0) is 11.2 Å². The summed E-state index contributed by atoms with van der Waals surface area (Å²) in [6.45, 7) is 0. The number of Topliss-reactive ketones (excluding diaryl/α,β-unsaturated/α-hetero) is 1. The Morgan fingerprint density at radius 1 is 0.957 bits per heavy atom. The number of methoxy groups -OCH3 is 3. The van der Waals surface area contributed by atoms with Crippen molar-refractivity contribution in [3.05, 3.63) is 47.5 Å². The van der Waals surface area contributed by atoms with E-state index < -0.39 is 6.10 Å². The van der Waals surface area contributed by atoms with Crippen molar-refractivity contribution in [3.8, 4) is 23.0 Å². The number of rotatable bonds is 4. The molecule has 0 aromatic heterocycles. The van der Waals surface area contributed by atoms with Crippen LogP contribution in [0.1, 0.15) is 17.2 Å². The Morgan fingerprint density at radius 3 is 2.26 bits per heavy atom. The lowest BCUT2D eigenvalue weighted by Crippen LogP contribution is -2.26. The first-order valence-electron chi connectivity index (χ1n) is 7.24. The van der Waals surface area contributed by atoms with Crippen LogP contribution in [0.4, 0.5) is 0 Å². The summed E-state index contributed by atoms with van der Waals surface area (Å²) < 4.78 is 21.7. The van der Waals surface area contributed by atoms with E-state index in [-0.39, 0.29) is 12.2 Å². The summed E-state index contributed by atoms with van der Waals surface area (Å²) in [7, 11) is 4.75. The van der Waals surface area contributed by atoms with Gasteiger partial charge < -0.3 is 18.9 Å². The third kappa shape index (κ3) is 2.82. The largest absolute Gasteiger partial charge is 0.497 e. The van der Waals surface area contributed by atoms with Crippen molar-refractivity contribution in [2.45, 2.75) is 12.5 Å². The van der Waals surface area contributed by atoms with E-state index in [1.807, 2.05) is 24.3 Å². The van der Waals surface area contributed by atoms with Gasteiger partial charge in [0.2, 0.25) is 0 Å². The van der Waals surface area contributed by atoms with Crippen LogP contribution >= 0.6 is 0 Å². The van der Waals surface area contributed by atoms with Crippen LogP contribution in [0, 0.1) is 0 Å². The van der Waals surface area contributed by atoms with Crippen molar-refractivity contribution in [2.24, 2.45) is 0 Å². The number of carbonyl (C=O) groups is 1. The third-order valence-corrected chi connectivity index (χ3v) is 3.90. The molecular formula is C18H18O5. The molecule has 0 N–H and O–H groups in total. The molecule has 0 spiro atoms. The molecule has 2 aromatic carbocycles. The van der Waals surface area contributed by atoms with Gasteiger partial charge in [0.1, 0.15) is 23.0 Å². The Morgan fingerprint density at radius 2 is 1.65 bits per heavy atom. The van der Waals surface area contributed by atoms with Gasteiger partial charge in [-0.3, -0.25) is 4.79 Å². The molecule has 0 saturated carbocycles. The van der Waals surface area contributed by atoms with Crippen molar-refractivity contribution in [2.75, 3.05) is 21.3 Å². The Hall–Kier alpha value is -2.69. The van der Waals surface area contributed by atoms with Crippen LogP contribution in [0.5, 0.6) is 23.0 Å². The molecule has 1 aliphatic rings. The van der Waals surface area contributed by atoms with Gasteiger partial charge in [0, 0.05) is 29.7 Å². The Bertz CT molecular complexity index is 721. The number of benzene rings is 2. The van der Waals surface area contributed by atoms with Crippen molar-refractivity contribution in [3.63, 3.8) is 0 Å². The van der Waals surface area contributed by atoms with Crippen molar-refractivity contribution in [1.29, 1.82) is 0 Å². The van der Waals surface area contributed by atoms with Crippen molar-refractivity contribution in [1.82, 2.24) is 0 Å². The second kappa shape index (κ2) is 6.20. The highest BCUT2D eigenvalue weighted by molar-refractivity contribution is 5.89. The van der Waals surface area contributed by atoms with Crippen LogP contribution in [0.2, 0.25) is 0 Å². The zero-order valence-corrected chi connectivity index (χ0v) is 13.3. The smallest absolute Gasteiger partial charge is 0.182 e. The Balaban J connectivity index is 1.97. The molecule has 23 heavy (non-hydrogen) atoms. The molecule has 0 saturated heterocycles. The summed E-state index contributed by atoms with van der Waals surface area (Å²) in [6.07, 6.45) is -0.371. The maximum Gasteiger partial charge on any atom is 0.182 e. The molecule has 1 heterocycles. The second-order valence-electron chi connectivity index (χ2n) is 5.22. The highest BCUT2D eigenvalue weighted by Crippen LogP contribution is 2.41. The first-order valence-corrected chi connectivity index (χ1v) is 7.24. The molecule has 0 aliphatic carbocycles. The van der Waals surface area contributed by atoms with Gasteiger partial charge in [0.05, 0.1) is 21.3 Å². The summed E-state index contributed by atoms with van der Waals surface area (Å²) in [4.78, 5) is 12.5. The molecule has 0 fully saturated rings. The monoisotopic (exact) mass is 314 g/mol. The molecule has 120 valence electrons. The van der Waals surface area contributed by atoms with E-state index in [9.17, 15) is 4.79 Å². The highest BCUT2D eigenvalue weighted by Gasteiger charge is 2.31. The topological polar surface area (TPSA) is 54.0 Å². The van der Waals surface area contributed by atoms with Gasteiger partial charge in [-0.25, -0.2) is 0 Å². The van der Waals surface area contributed by atoms with Gasteiger partial charge in [0.15, 0.2) is 11.9 Å². The van der Waals surface area contributed by atoms with Crippen molar-refractivity contribution >= 4 is 5.78 Å². The van der Waals surface area contributed by atoms with E-state index in [2.05, 4.69) is 0 Å². The molecule has 1 unspecified atom stereocenters. The number of ether oxygens (including phenoxy) is 4. The minimum atomic E-state index is -0.634. The summed E-state index contributed by atoms with van der Waals surface area (Å²) in [5.41, 5.74) is 1.55. The van der Waals surface area contributed by atoms with Crippen molar-refractivity contribution < 1.29 is 23.7 Å². The van der Waals surface area contributed by atoms with Gasteiger partial charge in [-0.15, -0.1) is 0 Å². The second-order valence-corrected chi connectivity index (χ2v) is 5.22. The Kier molecular flexibility index (Phi) is 4.10. The fourth-order valence-electron chi connectivity index (χ4n) is 2.67. The van der Waals surface area contributed by atoms with Crippen LogP contribution in [0.15, 0.2) is 36.4 Å². The fraction of sp³-hybridized carbons (Fsp3) is 0.278. The number of hydrogen-bond donors (Lipinski definition) is 0. The van der Waals surface area contributed by atoms with E-state index in [0.29, 0.717) is 17.2 Å². The van der Waals surface area contributed by atoms with Crippen LogP contribution < -0.4 is 18.9 Å². The normalized spacial score (nSPS) is 16.3. The molecule has 5 heteroatoms. The SMILES string of the molecule is COc1ccc(C2Oc3cc(OC)cc(OC)c3CC2=O)cc1. The lowest BCUT2D eigenvalue weighted by atomic mass is 9.95. The summed E-state index contributed by atoms with van der Waals surface area (Å²) in [6, 6.07) is 10.8. The Labute approximate surface area is 134 Å². The van der Waals surface area contributed by atoms with E-state index in [1.165, 1.54) is 0 Å². The predicted molar refractivity (Wildman–Crippen MR) is 84.6 cm³/mol. The van der Waals surface area contributed by atoms with Gasteiger partial charge in [-0.2, -0.15) is 0 Å². The molecule has 0 bridgehead atoms. The highest BCUT2D eigenvalue weighted by atomic mass is 16.5. The van der Waals surface area contributed by atoms with Crippen LogP contribution in [0.3, 0.4) is 0 Å². The van der Waals surface area contributed by atoms with Crippen LogP contribution in [-0.4, -0.2) is 27.1 Å². The number of ketones is 1. The van der Waals surface area contributed by atoms with Gasteiger partial charge in [-0.05, 0) is 12.1 Å². The quantitative estimate of drug-likeness (QED) is 0.868. The van der Waals surface area contributed by atoms with E-state index in [1.54, 1.807) is 33.5 Å². The maximum absolute atomic E-state index is 12.5. The lowest BCUT2D eigenvalue weighted by molar-refractivity contribution is -0.126. The molecule has 1 atom stereocenters. The zero-order chi connectivity index (χ0) is 16.4. The van der Waals surface area contributed by atoms with E-state index in [4.69, 9.17) is 18.9 Å². The van der Waals surface area contributed by atoms with E-state index in [0.717, 1.165) is 16.9 Å². The minimum Gasteiger partial charge on any atom is -0.497 e. The average molecular weight is 314 g/mol. The summed E-state index contributed by atoms with van der Waals surface area (Å²) in [5.74, 6) is 2.57. The molecule has 2 aromatic rings. The number of hydrogen-bond acceptors (Lipinski definition) is 5. The number of fused-ring (bicyclic) bond motifs is 1. The molecule has 3 rings (SSSR count). The summed E-state index contributed by atoms with van der Waals surface area (Å²) >= 11 is 0. The first-order chi connectivity index (χ1) is 11.2. The zero-order valence-electron chi connectivity index (χ0n) is 13.3. The minimum absolute atomic E-state index is 0.00821. The predicted octanol–water partition coefficient (Wildman–Crippen LogP) is 2.96. The molecular weight excluding hydrogens is 296 g/mol. The molecule has 0 radical (unpaired) electrons. The molecule has 0 amide bonds. The first kappa shape index (κ1) is 15.2. The fourth-order valence-corrected chi connectivity index (χ4v) is 2.67. The molecule has 5 nitrogen and oxygen atoms in total. The van der Waals surface area contributed by atoms with Gasteiger partial charge in [-0.1, -0.05) is 12.1 Å². The average Bonchev–Trinajstić information content (AvgIpc) is 2.60. The number of carbonyl (C=O) groups excluding carboxylic acids is 1. The maximum atomic E-state index is 12.5. The lowest BCUT2D eigenvalue weighted by Gasteiger charge is -2.27. The molecule has 1 aliphatic heterocycles. The van der Waals surface area contributed by atoms with Gasteiger partial charge >= 0.3 is 0 Å².